The van der Waals surface area contributed by atoms with Gasteiger partial charge < -0.3 is 14.8 Å². The van der Waals surface area contributed by atoms with Crippen molar-refractivity contribution in [3.05, 3.63) is 70.1 Å². The van der Waals surface area contributed by atoms with Crippen LogP contribution < -0.4 is 14.8 Å². The lowest BCUT2D eigenvalue weighted by molar-refractivity contribution is 0.102. The van der Waals surface area contributed by atoms with Crippen molar-refractivity contribution in [1.82, 2.24) is 0 Å². The van der Waals surface area contributed by atoms with E-state index >= 15 is 0 Å². The molecule has 0 bridgehead atoms. The summed E-state index contributed by atoms with van der Waals surface area (Å²) in [5, 5.41) is 3.79. The highest BCUT2D eigenvalue weighted by molar-refractivity contribution is 7.16. The van der Waals surface area contributed by atoms with Crippen LogP contribution in [-0.4, -0.2) is 25.8 Å². The number of aryl methyl sites for hydroxylation is 1. The molecule has 0 atom stereocenters. The van der Waals surface area contributed by atoms with Crippen LogP contribution in [0.3, 0.4) is 0 Å². The molecule has 3 aromatic rings. The van der Waals surface area contributed by atoms with Gasteiger partial charge in [0.25, 0.3) is 5.91 Å². The number of methoxy groups -OCH3 is 1. The number of ether oxygens (including phenoxy) is 2. The van der Waals surface area contributed by atoms with E-state index in [0.29, 0.717) is 23.7 Å². The van der Waals surface area contributed by atoms with Crippen LogP contribution >= 0.6 is 11.3 Å². The highest BCUT2D eigenvalue weighted by atomic mass is 32.1. The van der Waals surface area contributed by atoms with E-state index in [1.54, 1.807) is 24.7 Å². The van der Waals surface area contributed by atoms with Gasteiger partial charge in [0.2, 0.25) is 0 Å². The Morgan fingerprint density at radius 2 is 1.94 bits per heavy atom. The van der Waals surface area contributed by atoms with Gasteiger partial charge in [-0.25, -0.2) is 4.99 Å². The monoisotopic (exact) mass is 434 g/mol. The third-order valence-electron chi connectivity index (χ3n) is 5.23. The molecule has 0 saturated heterocycles. The number of carbonyl (C=O) groups is 1. The second kappa shape index (κ2) is 9.79. The summed E-state index contributed by atoms with van der Waals surface area (Å²) in [5.41, 5.74) is 3.54. The van der Waals surface area contributed by atoms with E-state index in [-0.39, 0.29) is 5.91 Å². The topological polar surface area (TPSA) is 59.9 Å². The number of hydrogen-bond donors (Lipinski definition) is 1. The SMILES string of the molecule is CCOc1ccc(C=Nc2sc3c(c2C(=O)Nc2ccccc2)CCCC3)cc1OC. The molecule has 1 N–H and O–H groups in total. The number of nitrogens with one attached hydrogen (secondary N) is 1. The van der Waals surface area contributed by atoms with Gasteiger partial charge in [-0.05, 0) is 74.1 Å². The zero-order valence-electron chi connectivity index (χ0n) is 17.8. The number of carbonyl (C=O) groups excluding carboxylic acids is 1. The molecule has 4 rings (SSSR count). The molecule has 1 aliphatic rings. The number of nitrogens with zero attached hydrogens (tertiary/aromatic N) is 1. The van der Waals surface area contributed by atoms with E-state index in [0.717, 1.165) is 47.5 Å². The van der Waals surface area contributed by atoms with Crippen molar-refractivity contribution < 1.29 is 14.3 Å². The van der Waals surface area contributed by atoms with Gasteiger partial charge in [0.15, 0.2) is 11.5 Å². The number of para-hydroxylation sites is 1. The van der Waals surface area contributed by atoms with Crippen LogP contribution in [0.2, 0.25) is 0 Å². The number of benzene rings is 2. The number of anilines is 1. The van der Waals surface area contributed by atoms with Crippen molar-refractivity contribution in [2.75, 3.05) is 19.0 Å². The summed E-state index contributed by atoms with van der Waals surface area (Å²) < 4.78 is 11.0. The largest absolute Gasteiger partial charge is 0.493 e. The summed E-state index contributed by atoms with van der Waals surface area (Å²) in [6, 6.07) is 15.3. The summed E-state index contributed by atoms with van der Waals surface area (Å²) in [5.74, 6) is 1.28. The minimum atomic E-state index is -0.0953. The molecule has 0 unspecified atom stereocenters. The highest BCUT2D eigenvalue weighted by Crippen LogP contribution is 2.40. The van der Waals surface area contributed by atoms with Gasteiger partial charge in [-0.1, -0.05) is 18.2 Å². The van der Waals surface area contributed by atoms with E-state index in [1.165, 1.54) is 4.88 Å². The summed E-state index contributed by atoms with van der Waals surface area (Å²) in [6.45, 7) is 2.51. The molecule has 1 heterocycles. The smallest absolute Gasteiger partial charge is 0.259 e. The second-order valence-electron chi connectivity index (χ2n) is 7.31. The first-order valence-corrected chi connectivity index (χ1v) is 11.4. The molecule has 0 saturated carbocycles. The average molecular weight is 435 g/mol. The Bertz CT molecular complexity index is 1090. The Morgan fingerprint density at radius 3 is 2.71 bits per heavy atom. The van der Waals surface area contributed by atoms with Crippen molar-refractivity contribution >= 4 is 34.1 Å². The molecule has 0 fully saturated rings. The van der Waals surface area contributed by atoms with Crippen LogP contribution in [0.1, 0.15) is 46.1 Å². The van der Waals surface area contributed by atoms with Crippen LogP contribution in [0.25, 0.3) is 0 Å². The molecule has 6 heteroatoms. The highest BCUT2D eigenvalue weighted by Gasteiger charge is 2.25. The van der Waals surface area contributed by atoms with Gasteiger partial charge in [0.1, 0.15) is 5.00 Å². The number of aliphatic imine (C=N–C) groups is 1. The van der Waals surface area contributed by atoms with E-state index in [1.807, 2.05) is 55.5 Å². The number of hydrogen-bond acceptors (Lipinski definition) is 5. The Labute approximate surface area is 186 Å². The lowest BCUT2D eigenvalue weighted by Crippen LogP contribution is -2.14. The molecular formula is C25H26N2O3S. The van der Waals surface area contributed by atoms with Crippen LogP contribution in [0, 0.1) is 0 Å². The predicted octanol–water partition coefficient (Wildman–Crippen LogP) is 6.04. The van der Waals surface area contributed by atoms with E-state index in [9.17, 15) is 4.79 Å². The zero-order chi connectivity index (χ0) is 21.6. The van der Waals surface area contributed by atoms with Gasteiger partial charge in [-0.15, -0.1) is 11.3 Å². The predicted molar refractivity (Wildman–Crippen MR) is 127 cm³/mol. The van der Waals surface area contributed by atoms with Crippen molar-refractivity contribution in [2.45, 2.75) is 32.6 Å². The molecule has 0 aliphatic heterocycles. The van der Waals surface area contributed by atoms with E-state index in [2.05, 4.69) is 5.32 Å². The van der Waals surface area contributed by atoms with E-state index in [4.69, 9.17) is 14.5 Å². The first-order chi connectivity index (χ1) is 15.2. The van der Waals surface area contributed by atoms with Crippen molar-refractivity contribution in [3.8, 4) is 11.5 Å². The third kappa shape index (κ3) is 4.80. The molecule has 1 amide bonds. The average Bonchev–Trinajstić information content (AvgIpc) is 3.17. The third-order valence-corrected chi connectivity index (χ3v) is 6.43. The van der Waals surface area contributed by atoms with Crippen molar-refractivity contribution in [2.24, 2.45) is 4.99 Å². The molecule has 31 heavy (non-hydrogen) atoms. The van der Waals surface area contributed by atoms with Gasteiger partial charge >= 0.3 is 0 Å². The van der Waals surface area contributed by atoms with Crippen molar-refractivity contribution in [3.63, 3.8) is 0 Å². The summed E-state index contributed by atoms with van der Waals surface area (Å²) in [6.07, 6.45) is 5.99. The molecule has 5 nitrogen and oxygen atoms in total. The fourth-order valence-electron chi connectivity index (χ4n) is 3.76. The molecule has 0 spiro atoms. The Balaban J connectivity index is 1.65. The maximum absolute atomic E-state index is 13.2. The number of thiophene rings is 1. The second-order valence-corrected chi connectivity index (χ2v) is 8.40. The summed E-state index contributed by atoms with van der Waals surface area (Å²) in [4.78, 5) is 19.2. The molecular weight excluding hydrogens is 408 g/mol. The van der Waals surface area contributed by atoms with Gasteiger partial charge in [0.05, 0.1) is 19.3 Å². The lowest BCUT2D eigenvalue weighted by Gasteiger charge is -2.12. The fraction of sp³-hybridized carbons (Fsp3) is 0.280. The summed E-state index contributed by atoms with van der Waals surface area (Å²) in [7, 11) is 1.62. The van der Waals surface area contributed by atoms with Crippen LogP contribution in [-0.2, 0) is 12.8 Å². The lowest BCUT2D eigenvalue weighted by atomic mass is 9.95. The minimum Gasteiger partial charge on any atom is -0.493 e. The maximum Gasteiger partial charge on any atom is 0.259 e. The normalized spacial score (nSPS) is 13.1. The summed E-state index contributed by atoms with van der Waals surface area (Å²) >= 11 is 1.63. The van der Waals surface area contributed by atoms with Crippen LogP contribution in [0.15, 0.2) is 53.5 Å². The Hall–Kier alpha value is -3.12. The Kier molecular flexibility index (Phi) is 6.67. The molecule has 0 radical (unpaired) electrons. The molecule has 1 aromatic heterocycles. The number of rotatable bonds is 7. The first kappa shape index (κ1) is 21.1. The zero-order valence-corrected chi connectivity index (χ0v) is 18.6. The quantitative estimate of drug-likeness (QED) is 0.461. The number of fused-ring (bicyclic) bond motifs is 1. The molecule has 1 aliphatic carbocycles. The van der Waals surface area contributed by atoms with E-state index < -0.39 is 0 Å². The fourth-order valence-corrected chi connectivity index (χ4v) is 4.99. The van der Waals surface area contributed by atoms with Gasteiger partial charge in [0, 0.05) is 16.8 Å². The number of amides is 1. The van der Waals surface area contributed by atoms with Crippen LogP contribution in [0.5, 0.6) is 11.5 Å². The molecule has 2 aromatic carbocycles. The molecule has 160 valence electrons. The van der Waals surface area contributed by atoms with Gasteiger partial charge in [-0.3, -0.25) is 4.79 Å². The maximum atomic E-state index is 13.2. The minimum absolute atomic E-state index is 0.0953. The standard InChI is InChI=1S/C25H26N2O3S/c1-3-30-20-14-13-17(15-21(20)29-2)16-26-25-23(19-11-7-8-12-22(19)31-25)24(28)27-18-9-5-4-6-10-18/h4-6,9-10,13-16H,3,7-8,11-12H2,1-2H3,(H,27,28). The van der Waals surface area contributed by atoms with Gasteiger partial charge in [-0.2, -0.15) is 0 Å². The van der Waals surface area contributed by atoms with Crippen molar-refractivity contribution in [1.29, 1.82) is 0 Å². The van der Waals surface area contributed by atoms with Crippen LogP contribution in [0.4, 0.5) is 10.7 Å². The first-order valence-electron chi connectivity index (χ1n) is 10.6. The Morgan fingerprint density at radius 1 is 1.13 bits per heavy atom.